The maximum Gasteiger partial charge on any atom is 0.311 e. The maximum atomic E-state index is 13.3. The van der Waals surface area contributed by atoms with Gasteiger partial charge in [-0.1, -0.05) is 41.6 Å². The Hall–Kier alpha value is -1.17. The molecular weight excluding hydrogens is 341 g/mol. The fourth-order valence-corrected chi connectivity index (χ4v) is 3.50. The van der Waals surface area contributed by atoms with Crippen molar-refractivity contribution in [3.63, 3.8) is 0 Å². The van der Waals surface area contributed by atoms with Crippen molar-refractivity contribution in [1.82, 2.24) is 0 Å². The van der Waals surface area contributed by atoms with E-state index in [1.54, 1.807) is 0 Å². The predicted molar refractivity (Wildman–Crippen MR) is 82.5 cm³/mol. The number of ether oxygens (including phenoxy) is 1. The highest BCUT2D eigenvalue weighted by atomic mass is 79.9. The molecule has 1 aliphatic rings. The molecule has 0 bridgehead atoms. The first kappa shape index (κ1) is 16.2. The molecule has 0 atom stereocenters. The lowest BCUT2D eigenvalue weighted by Crippen LogP contribution is -2.30. The van der Waals surface area contributed by atoms with Gasteiger partial charge in [0, 0.05) is 22.9 Å². The minimum Gasteiger partial charge on any atom is -0.486 e. The summed E-state index contributed by atoms with van der Waals surface area (Å²) >= 11 is 3.55. The molecule has 0 unspecified atom stereocenters. The van der Waals surface area contributed by atoms with Crippen molar-refractivity contribution in [2.24, 2.45) is 5.41 Å². The third-order valence-electron chi connectivity index (χ3n) is 4.10. The van der Waals surface area contributed by atoms with Gasteiger partial charge in [-0.3, -0.25) is 10.1 Å². The zero-order chi connectivity index (χ0) is 15.3. The van der Waals surface area contributed by atoms with Crippen LogP contribution in [0.15, 0.2) is 18.2 Å². The topological polar surface area (TPSA) is 52.4 Å². The minimum atomic E-state index is -0.539. The van der Waals surface area contributed by atoms with E-state index in [0.717, 1.165) is 49.2 Å². The van der Waals surface area contributed by atoms with Crippen molar-refractivity contribution in [2.75, 3.05) is 11.9 Å². The van der Waals surface area contributed by atoms with Crippen LogP contribution in [0.25, 0.3) is 0 Å². The van der Waals surface area contributed by atoms with Crippen LogP contribution in [0.3, 0.4) is 0 Å². The van der Waals surface area contributed by atoms with Crippen molar-refractivity contribution >= 4 is 21.6 Å². The Bertz CT molecular complexity index is 502. The maximum absolute atomic E-state index is 13.3. The second-order valence-corrected chi connectivity index (χ2v) is 6.27. The summed E-state index contributed by atoms with van der Waals surface area (Å²) in [4.78, 5) is 10.4. The van der Waals surface area contributed by atoms with Gasteiger partial charge < -0.3 is 4.74 Å². The van der Waals surface area contributed by atoms with E-state index in [1.807, 2.05) is 0 Å². The van der Waals surface area contributed by atoms with Gasteiger partial charge in [-0.05, 0) is 18.9 Å². The highest BCUT2D eigenvalue weighted by molar-refractivity contribution is 9.09. The van der Waals surface area contributed by atoms with Gasteiger partial charge in [-0.25, -0.2) is 4.39 Å². The second-order valence-electron chi connectivity index (χ2n) is 5.71. The van der Waals surface area contributed by atoms with Gasteiger partial charge in [0.15, 0.2) is 5.75 Å². The van der Waals surface area contributed by atoms with Gasteiger partial charge in [-0.2, -0.15) is 0 Å². The summed E-state index contributed by atoms with van der Waals surface area (Å²) in [6, 6.07) is 3.33. The average Bonchev–Trinajstić information content (AvgIpc) is 2.71. The molecule has 1 saturated carbocycles. The number of benzene rings is 1. The standard InChI is InChI=1S/C15H19BrFNO3/c16-10-15(7-3-1-2-4-8-15)11-21-14-9-12(17)5-6-13(14)18(19)20/h5-6,9H,1-4,7-8,10-11H2. The molecule has 0 spiro atoms. The molecule has 0 amide bonds. The molecule has 21 heavy (non-hydrogen) atoms. The molecule has 0 aliphatic heterocycles. The summed E-state index contributed by atoms with van der Waals surface area (Å²) < 4.78 is 19.0. The molecule has 1 aromatic carbocycles. The summed E-state index contributed by atoms with van der Waals surface area (Å²) in [7, 11) is 0. The highest BCUT2D eigenvalue weighted by Gasteiger charge is 2.31. The second kappa shape index (κ2) is 7.20. The monoisotopic (exact) mass is 359 g/mol. The molecular formula is C15H19BrFNO3. The number of hydrogen-bond acceptors (Lipinski definition) is 3. The lowest BCUT2D eigenvalue weighted by Gasteiger charge is -2.30. The molecule has 0 saturated heterocycles. The normalized spacial score (nSPS) is 18.0. The highest BCUT2D eigenvalue weighted by Crippen LogP contribution is 2.38. The molecule has 0 aromatic heterocycles. The third-order valence-corrected chi connectivity index (χ3v) is 5.29. The van der Waals surface area contributed by atoms with Crippen molar-refractivity contribution in [1.29, 1.82) is 0 Å². The molecule has 1 fully saturated rings. The van der Waals surface area contributed by atoms with Crippen molar-refractivity contribution in [3.8, 4) is 5.75 Å². The molecule has 2 rings (SSSR count). The van der Waals surface area contributed by atoms with Gasteiger partial charge in [0.1, 0.15) is 5.82 Å². The van der Waals surface area contributed by atoms with E-state index in [4.69, 9.17) is 4.74 Å². The molecule has 1 aromatic rings. The fraction of sp³-hybridized carbons (Fsp3) is 0.600. The van der Waals surface area contributed by atoms with Crippen LogP contribution in [-0.4, -0.2) is 16.9 Å². The number of halogens is 2. The number of alkyl halides is 1. The average molecular weight is 360 g/mol. The molecule has 0 N–H and O–H groups in total. The first-order valence-electron chi connectivity index (χ1n) is 7.19. The van der Waals surface area contributed by atoms with Gasteiger partial charge in [0.25, 0.3) is 0 Å². The van der Waals surface area contributed by atoms with E-state index < -0.39 is 10.7 Å². The van der Waals surface area contributed by atoms with E-state index in [-0.39, 0.29) is 16.9 Å². The quantitative estimate of drug-likeness (QED) is 0.327. The van der Waals surface area contributed by atoms with E-state index in [0.29, 0.717) is 6.61 Å². The molecule has 116 valence electrons. The van der Waals surface area contributed by atoms with Gasteiger partial charge in [0.05, 0.1) is 11.5 Å². The first-order chi connectivity index (χ1) is 10.1. The van der Waals surface area contributed by atoms with Gasteiger partial charge in [0.2, 0.25) is 0 Å². The fourth-order valence-electron chi connectivity index (χ4n) is 2.78. The van der Waals surface area contributed by atoms with E-state index in [9.17, 15) is 14.5 Å². The van der Waals surface area contributed by atoms with Gasteiger partial charge in [-0.15, -0.1) is 0 Å². The van der Waals surface area contributed by atoms with Crippen LogP contribution in [0.4, 0.5) is 10.1 Å². The van der Waals surface area contributed by atoms with Crippen molar-refractivity contribution in [2.45, 2.75) is 38.5 Å². The molecule has 0 radical (unpaired) electrons. The van der Waals surface area contributed by atoms with E-state index >= 15 is 0 Å². The smallest absolute Gasteiger partial charge is 0.311 e. The van der Waals surface area contributed by atoms with Crippen LogP contribution >= 0.6 is 15.9 Å². The molecule has 6 heteroatoms. The number of hydrogen-bond donors (Lipinski definition) is 0. The minimum absolute atomic E-state index is 0.0172. The Morgan fingerprint density at radius 1 is 1.29 bits per heavy atom. The zero-order valence-corrected chi connectivity index (χ0v) is 13.4. The molecule has 4 nitrogen and oxygen atoms in total. The summed E-state index contributed by atoms with van der Waals surface area (Å²) in [5.41, 5.74) is -0.203. The number of nitrogens with zero attached hydrogens (tertiary/aromatic N) is 1. The van der Waals surface area contributed by atoms with Crippen LogP contribution < -0.4 is 4.74 Å². The Balaban J connectivity index is 2.13. The number of nitro benzene ring substituents is 1. The van der Waals surface area contributed by atoms with Crippen molar-refractivity contribution in [3.05, 3.63) is 34.1 Å². The van der Waals surface area contributed by atoms with E-state index in [2.05, 4.69) is 15.9 Å². The van der Waals surface area contributed by atoms with Crippen LogP contribution in [0, 0.1) is 21.3 Å². The molecule has 0 heterocycles. The lowest BCUT2D eigenvalue weighted by atomic mass is 9.83. The summed E-state index contributed by atoms with van der Waals surface area (Å²) in [5, 5.41) is 11.8. The van der Waals surface area contributed by atoms with E-state index in [1.165, 1.54) is 12.8 Å². The first-order valence-corrected chi connectivity index (χ1v) is 8.31. The van der Waals surface area contributed by atoms with Crippen molar-refractivity contribution < 1.29 is 14.1 Å². The SMILES string of the molecule is O=[N+]([O-])c1ccc(F)cc1OCC1(CBr)CCCCCC1. The van der Waals surface area contributed by atoms with Gasteiger partial charge >= 0.3 is 5.69 Å². The Labute approximate surface area is 132 Å². The summed E-state index contributed by atoms with van der Waals surface area (Å²) in [6.45, 7) is 0.378. The third kappa shape index (κ3) is 4.15. The number of rotatable bonds is 5. The lowest BCUT2D eigenvalue weighted by molar-refractivity contribution is -0.386. The Morgan fingerprint density at radius 2 is 1.95 bits per heavy atom. The van der Waals surface area contributed by atoms with Crippen LogP contribution in [0.2, 0.25) is 0 Å². The zero-order valence-electron chi connectivity index (χ0n) is 11.8. The summed E-state index contributed by atoms with van der Waals surface area (Å²) in [5.74, 6) is -0.506. The van der Waals surface area contributed by atoms with Crippen LogP contribution in [0.5, 0.6) is 5.75 Å². The Morgan fingerprint density at radius 3 is 2.52 bits per heavy atom. The Kier molecular flexibility index (Phi) is 5.56. The van der Waals surface area contributed by atoms with Crippen LogP contribution in [0.1, 0.15) is 38.5 Å². The number of nitro groups is 1. The molecule has 1 aliphatic carbocycles. The summed E-state index contributed by atoms with van der Waals surface area (Å²) in [6.07, 6.45) is 6.77. The predicted octanol–water partition coefficient (Wildman–Crippen LogP) is 4.85. The van der Waals surface area contributed by atoms with Crippen LogP contribution in [-0.2, 0) is 0 Å². The largest absolute Gasteiger partial charge is 0.486 e.